The van der Waals surface area contributed by atoms with Crippen molar-refractivity contribution in [2.75, 3.05) is 59.1 Å². The SMILES string of the molecule is CCCCCCCCCOC(=O)CCCCCCCN(CCO)CCN(CCO)CCCCCCCC(=O)OC(CCCCCCCC)CCCCCCCC. The maximum absolute atomic E-state index is 12.8. The predicted molar refractivity (Wildman–Crippen MR) is 237 cm³/mol. The maximum Gasteiger partial charge on any atom is 0.306 e. The second kappa shape index (κ2) is 44.9. The Labute approximate surface area is 348 Å². The van der Waals surface area contributed by atoms with Gasteiger partial charge >= 0.3 is 11.9 Å². The minimum Gasteiger partial charge on any atom is -0.466 e. The molecule has 0 saturated heterocycles. The Morgan fingerprint density at radius 2 is 0.768 bits per heavy atom. The summed E-state index contributed by atoms with van der Waals surface area (Å²) in [6, 6.07) is 0. The molecule has 0 aromatic rings. The van der Waals surface area contributed by atoms with Crippen LogP contribution in [0.3, 0.4) is 0 Å². The van der Waals surface area contributed by atoms with Gasteiger partial charge in [0.2, 0.25) is 0 Å². The summed E-state index contributed by atoms with van der Waals surface area (Å²) in [6.45, 7) is 12.7. The molecular formula is C48H96N2O6. The second-order valence-corrected chi connectivity index (χ2v) is 16.7. The number of aliphatic hydroxyl groups excluding tert-OH is 2. The van der Waals surface area contributed by atoms with E-state index in [4.69, 9.17) is 9.47 Å². The standard InChI is InChI=1S/C48H96N2O6/c1-4-7-10-13-16-25-32-45-55-47(53)35-28-21-17-23-30-37-49(41-43-51)39-40-50(42-44-52)38-31-24-18-22-29-36-48(54)56-46(33-26-19-14-11-8-5-2)34-27-20-15-12-9-6-3/h46,51-52H,4-45H2,1-3H3. The van der Waals surface area contributed by atoms with Gasteiger partial charge in [-0.2, -0.15) is 0 Å². The zero-order valence-electron chi connectivity index (χ0n) is 37.7. The normalized spacial score (nSPS) is 11.7. The van der Waals surface area contributed by atoms with E-state index < -0.39 is 0 Å². The zero-order chi connectivity index (χ0) is 41.0. The fourth-order valence-corrected chi connectivity index (χ4v) is 7.64. The molecule has 0 aliphatic carbocycles. The van der Waals surface area contributed by atoms with Gasteiger partial charge in [0.15, 0.2) is 0 Å². The van der Waals surface area contributed by atoms with Crippen molar-refractivity contribution in [1.29, 1.82) is 0 Å². The lowest BCUT2D eigenvalue weighted by Crippen LogP contribution is -2.38. The highest BCUT2D eigenvalue weighted by atomic mass is 16.5. The summed E-state index contributed by atoms with van der Waals surface area (Å²) in [6.07, 6.45) is 37.7. The van der Waals surface area contributed by atoms with Gasteiger partial charge < -0.3 is 19.7 Å². The topological polar surface area (TPSA) is 99.5 Å². The van der Waals surface area contributed by atoms with E-state index in [0.29, 0.717) is 32.5 Å². The van der Waals surface area contributed by atoms with E-state index in [2.05, 4.69) is 30.6 Å². The number of nitrogens with zero attached hydrogens (tertiary/aromatic N) is 2. The van der Waals surface area contributed by atoms with Crippen LogP contribution in [0, 0.1) is 0 Å². The molecule has 0 fully saturated rings. The average molecular weight is 797 g/mol. The van der Waals surface area contributed by atoms with Crippen LogP contribution in [-0.4, -0.2) is 97.1 Å². The van der Waals surface area contributed by atoms with Crippen LogP contribution in [0.5, 0.6) is 0 Å². The van der Waals surface area contributed by atoms with Crippen LogP contribution in [0.4, 0.5) is 0 Å². The van der Waals surface area contributed by atoms with Crippen molar-refractivity contribution in [3.8, 4) is 0 Å². The molecule has 0 bridgehead atoms. The molecule has 0 rings (SSSR count). The Morgan fingerprint density at radius 3 is 1.20 bits per heavy atom. The molecule has 56 heavy (non-hydrogen) atoms. The lowest BCUT2D eigenvalue weighted by molar-refractivity contribution is -0.150. The second-order valence-electron chi connectivity index (χ2n) is 16.7. The Morgan fingerprint density at radius 1 is 0.411 bits per heavy atom. The molecule has 0 aromatic carbocycles. The van der Waals surface area contributed by atoms with E-state index in [1.807, 2.05) is 0 Å². The summed E-state index contributed by atoms with van der Waals surface area (Å²) < 4.78 is 11.4. The number of rotatable bonds is 46. The van der Waals surface area contributed by atoms with Crippen molar-refractivity contribution < 1.29 is 29.3 Å². The minimum absolute atomic E-state index is 0.000279. The molecule has 0 aromatic heterocycles. The summed E-state index contributed by atoms with van der Waals surface area (Å²) in [5, 5.41) is 19.3. The summed E-state index contributed by atoms with van der Waals surface area (Å²) in [5.41, 5.74) is 0. The smallest absolute Gasteiger partial charge is 0.306 e. The summed E-state index contributed by atoms with van der Waals surface area (Å²) in [4.78, 5) is 29.5. The van der Waals surface area contributed by atoms with Crippen molar-refractivity contribution in [2.45, 2.75) is 239 Å². The van der Waals surface area contributed by atoms with Gasteiger partial charge in [-0.15, -0.1) is 0 Å². The van der Waals surface area contributed by atoms with E-state index in [9.17, 15) is 19.8 Å². The fourth-order valence-electron chi connectivity index (χ4n) is 7.64. The number of hydrogen-bond acceptors (Lipinski definition) is 8. The van der Waals surface area contributed by atoms with Crippen molar-refractivity contribution in [1.82, 2.24) is 9.80 Å². The molecule has 2 N–H and O–H groups in total. The van der Waals surface area contributed by atoms with Crippen LogP contribution < -0.4 is 0 Å². The van der Waals surface area contributed by atoms with Gasteiger partial charge in [-0.25, -0.2) is 0 Å². The van der Waals surface area contributed by atoms with Crippen molar-refractivity contribution >= 4 is 11.9 Å². The maximum atomic E-state index is 12.8. The largest absolute Gasteiger partial charge is 0.466 e. The highest BCUT2D eigenvalue weighted by Crippen LogP contribution is 2.18. The first kappa shape index (κ1) is 54.8. The number of unbranched alkanes of at least 4 members (excludes halogenated alkanes) is 24. The van der Waals surface area contributed by atoms with Crippen LogP contribution >= 0.6 is 0 Å². The zero-order valence-corrected chi connectivity index (χ0v) is 37.7. The number of aliphatic hydroxyl groups is 2. The Bertz CT molecular complexity index is 799. The van der Waals surface area contributed by atoms with E-state index in [1.165, 1.54) is 109 Å². The van der Waals surface area contributed by atoms with E-state index in [-0.39, 0.29) is 31.3 Å². The monoisotopic (exact) mass is 797 g/mol. The first-order valence-corrected chi connectivity index (χ1v) is 24.5. The van der Waals surface area contributed by atoms with Crippen molar-refractivity contribution in [3.63, 3.8) is 0 Å². The molecule has 0 spiro atoms. The molecule has 0 heterocycles. The van der Waals surface area contributed by atoms with Gasteiger partial charge in [-0.1, -0.05) is 162 Å². The van der Waals surface area contributed by atoms with Crippen molar-refractivity contribution in [2.24, 2.45) is 0 Å². The van der Waals surface area contributed by atoms with E-state index in [0.717, 1.165) is 116 Å². The molecule has 0 atom stereocenters. The molecule has 334 valence electrons. The Kier molecular flexibility index (Phi) is 43.9. The third-order valence-corrected chi connectivity index (χ3v) is 11.3. The predicted octanol–water partition coefficient (Wildman–Crippen LogP) is 12.0. The van der Waals surface area contributed by atoms with Crippen LogP contribution in [0.15, 0.2) is 0 Å². The van der Waals surface area contributed by atoms with E-state index >= 15 is 0 Å². The van der Waals surface area contributed by atoms with Gasteiger partial charge in [0.05, 0.1) is 19.8 Å². The van der Waals surface area contributed by atoms with Crippen molar-refractivity contribution in [3.05, 3.63) is 0 Å². The molecule has 0 aliphatic heterocycles. The van der Waals surface area contributed by atoms with Crippen LogP contribution in [-0.2, 0) is 19.1 Å². The van der Waals surface area contributed by atoms with Gasteiger partial charge in [0.1, 0.15) is 6.10 Å². The minimum atomic E-state index is -0.0458. The highest BCUT2D eigenvalue weighted by molar-refractivity contribution is 5.69. The van der Waals surface area contributed by atoms with Crippen LogP contribution in [0.25, 0.3) is 0 Å². The summed E-state index contributed by atoms with van der Waals surface area (Å²) in [5.74, 6) is -0.0460. The van der Waals surface area contributed by atoms with Gasteiger partial charge in [0.25, 0.3) is 0 Å². The lowest BCUT2D eigenvalue weighted by Gasteiger charge is -2.27. The van der Waals surface area contributed by atoms with Crippen LogP contribution in [0.1, 0.15) is 233 Å². The molecule has 8 nitrogen and oxygen atoms in total. The molecule has 0 amide bonds. The van der Waals surface area contributed by atoms with E-state index in [1.54, 1.807) is 0 Å². The number of hydrogen-bond donors (Lipinski definition) is 2. The molecule has 0 saturated carbocycles. The van der Waals surface area contributed by atoms with Gasteiger partial charge in [0, 0.05) is 39.0 Å². The third-order valence-electron chi connectivity index (χ3n) is 11.3. The molecule has 0 unspecified atom stereocenters. The molecule has 0 aliphatic rings. The Hall–Kier alpha value is -1.22. The highest BCUT2D eigenvalue weighted by Gasteiger charge is 2.15. The summed E-state index contributed by atoms with van der Waals surface area (Å²) in [7, 11) is 0. The van der Waals surface area contributed by atoms with Gasteiger partial charge in [-0.05, 0) is 70.9 Å². The molecule has 8 heteroatoms. The quantitative estimate of drug-likeness (QED) is 0.0464. The van der Waals surface area contributed by atoms with Crippen LogP contribution in [0.2, 0.25) is 0 Å². The number of carbonyl (C=O) groups excluding carboxylic acids is 2. The average Bonchev–Trinajstić information content (AvgIpc) is 3.19. The number of ether oxygens (including phenoxy) is 2. The molecule has 0 radical (unpaired) electrons. The third kappa shape index (κ3) is 39.6. The fraction of sp³-hybridized carbons (Fsp3) is 0.958. The summed E-state index contributed by atoms with van der Waals surface area (Å²) >= 11 is 0. The lowest BCUT2D eigenvalue weighted by atomic mass is 10.0. The number of carbonyl (C=O) groups is 2. The number of esters is 2. The first-order chi connectivity index (χ1) is 27.5. The first-order valence-electron chi connectivity index (χ1n) is 24.5. The Balaban J connectivity index is 4.15. The van der Waals surface area contributed by atoms with Gasteiger partial charge in [-0.3, -0.25) is 19.4 Å². The molecular weight excluding hydrogens is 701 g/mol.